The van der Waals surface area contributed by atoms with Crippen molar-refractivity contribution in [1.29, 1.82) is 0 Å². The Hall–Kier alpha value is -2.16. The lowest BCUT2D eigenvalue weighted by Gasteiger charge is -2.03. The Morgan fingerprint density at radius 1 is 1.10 bits per heavy atom. The van der Waals surface area contributed by atoms with Crippen molar-refractivity contribution in [3.63, 3.8) is 0 Å². The monoisotopic (exact) mass is 270 g/mol. The second-order valence-corrected chi connectivity index (χ2v) is 4.73. The number of carbonyl (C=O) groups is 1. The van der Waals surface area contributed by atoms with E-state index in [2.05, 4.69) is 19.1 Å². The molecule has 2 rings (SSSR count). The molecular weight excluding hydrogens is 250 g/mol. The van der Waals surface area contributed by atoms with Gasteiger partial charge < -0.3 is 4.74 Å². The van der Waals surface area contributed by atoms with Crippen molar-refractivity contribution < 1.29 is 14.1 Å². The molecule has 3 nitrogen and oxygen atoms in total. The highest BCUT2D eigenvalue weighted by atomic mass is 16.5. The molecule has 0 radical (unpaired) electrons. The van der Waals surface area contributed by atoms with Gasteiger partial charge in [-0.1, -0.05) is 43.7 Å². The van der Waals surface area contributed by atoms with Crippen LogP contribution in [0.1, 0.15) is 35.7 Å². The topological polar surface area (TPSA) is 30.2 Å². The van der Waals surface area contributed by atoms with E-state index in [1.807, 2.05) is 35.2 Å². The summed E-state index contributed by atoms with van der Waals surface area (Å²) >= 11 is 0. The second kappa shape index (κ2) is 7.43. The molecule has 0 saturated heterocycles. The highest BCUT2D eigenvalue weighted by molar-refractivity contribution is 5.88. The first-order valence-corrected chi connectivity index (χ1v) is 6.99. The smallest absolute Gasteiger partial charge is 0.338 e. The first-order valence-electron chi connectivity index (χ1n) is 6.99. The Kier molecular flexibility index (Phi) is 5.30. The van der Waals surface area contributed by atoms with Crippen LogP contribution in [0.25, 0.3) is 0 Å². The van der Waals surface area contributed by atoms with E-state index >= 15 is 0 Å². The fourth-order valence-corrected chi connectivity index (χ4v) is 1.89. The maximum atomic E-state index is 11.8. The number of unbranched alkanes of at least 4 members (excludes halogenated alkanes) is 1. The third-order valence-electron chi connectivity index (χ3n) is 3.07. The van der Waals surface area contributed by atoms with Crippen LogP contribution in [-0.2, 0) is 11.3 Å². The number of ether oxygens (including phenoxy) is 1. The van der Waals surface area contributed by atoms with Gasteiger partial charge >= 0.3 is 5.97 Å². The van der Waals surface area contributed by atoms with Gasteiger partial charge in [0.1, 0.15) is 0 Å². The summed E-state index contributed by atoms with van der Waals surface area (Å²) in [7, 11) is 0. The predicted molar refractivity (Wildman–Crippen MR) is 77.4 cm³/mol. The van der Waals surface area contributed by atoms with E-state index in [4.69, 9.17) is 4.74 Å². The van der Waals surface area contributed by atoms with Gasteiger partial charge in [0, 0.05) is 17.7 Å². The third kappa shape index (κ3) is 4.19. The maximum Gasteiger partial charge on any atom is 0.338 e. The molecule has 0 atom stereocenters. The Balaban J connectivity index is 1.94. The molecule has 104 valence electrons. The van der Waals surface area contributed by atoms with Gasteiger partial charge in [0.05, 0.1) is 12.2 Å². The summed E-state index contributed by atoms with van der Waals surface area (Å²) in [5, 5.41) is 0. The van der Waals surface area contributed by atoms with Gasteiger partial charge in [-0.2, -0.15) is 0 Å². The van der Waals surface area contributed by atoms with Gasteiger partial charge in [-0.25, -0.2) is 9.36 Å². The highest BCUT2D eigenvalue weighted by Gasteiger charge is 2.09. The molecule has 3 heteroatoms. The summed E-state index contributed by atoms with van der Waals surface area (Å²) in [5.41, 5.74) is 1.83. The zero-order valence-corrected chi connectivity index (χ0v) is 11.8. The molecule has 0 spiro atoms. The molecule has 1 heterocycles. The molecule has 0 bridgehead atoms. The summed E-state index contributed by atoms with van der Waals surface area (Å²) in [5.74, 6) is -0.245. The zero-order chi connectivity index (χ0) is 14.2. The summed E-state index contributed by atoms with van der Waals surface area (Å²) < 4.78 is 7.22. The average Bonchev–Trinajstić information content (AvgIpc) is 2.49. The van der Waals surface area contributed by atoms with Crippen molar-refractivity contribution in [2.24, 2.45) is 0 Å². The lowest BCUT2D eigenvalue weighted by molar-refractivity contribution is -0.688. The minimum absolute atomic E-state index is 0.245. The van der Waals surface area contributed by atoms with Gasteiger partial charge in [-0.05, 0) is 6.42 Å². The number of rotatable bonds is 6. The fraction of sp³-hybridized carbons (Fsp3) is 0.294. The van der Waals surface area contributed by atoms with Crippen LogP contribution in [0.3, 0.4) is 0 Å². The van der Waals surface area contributed by atoms with Gasteiger partial charge in [0.25, 0.3) is 0 Å². The number of benzene rings is 1. The number of hydrogen-bond acceptors (Lipinski definition) is 2. The molecule has 0 amide bonds. The van der Waals surface area contributed by atoms with Crippen LogP contribution in [0, 0.1) is 0 Å². The largest absolute Gasteiger partial charge is 0.462 e. The summed E-state index contributed by atoms with van der Waals surface area (Å²) in [6.07, 6.45) is 5.75. The molecule has 0 saturated carbocycles. The Morgan fingerprint density at radius 2 is 1.80 bits per heavy atom. The number of hydrogen-bond donors (Lipinski definition) is 0. The van der Waals surface area contributed by atoms with Gasteiger partial charge in [0.2, 0.25) is 0 Å². The van der Waals surface area contributed by atoms with Crippen LogP contribution in [0.15, 0.2) is 54.9 Å². The fourth-order valence-electron chi connectivity index (χ4n) is 1.89. The minimum Gasteiger partial charge on any atom is -0.462 e. The van der Waals surface area contributed by atoms with Crippen molar-refractivity contribution in [3.05, 3.63) is 66.0 Å². The molecule has 20 heavy (non-hydrogen) atoms. The van der Waals surface area contributed by atoms with E-state index < -0.39 is 0 Å². The molecule has 0 N–H and O–H groups in total. The SMILES string of the molecule is CCCCOC(=O)c1cc[n+](Cc2ccccc2)cc1. The normalized spacial score (nSPS) is 10.2. The summed E-state index contributed by atoms with van der Waals surface area (Å²) in [4.78, 5) is 11.8. The van der Waals surface area contributed by atoms with Gasteiger partial charge in [-0.15, -0.1) is 0 Å². The third-order valence-corrected chi connectivity index (χ3v) is 3.07. The second-order valence-electron chi connectivity index (χ2n) is 4.73. The molecule has 1 aromatic heterocycles. The van der Waals surface area contributed by atoms with E-state index in [0.717, 1.165) is 19.4 Å². The average molecular weight is 270 g/mol. The Labute approximate surface area is 119 Å². The first-order chi connectivity index (χ1) is 9.79. The van der Waals surface area contributed by atoms with Crippen LogP contribution < -0.4 is 4.57 Å². The van der Waals surface area contributed by atoms with Crippen LogP contribution >= 0.6 is 0 Å². The molecule has 1 aromatic carbocycles. The zero-order valence-electron chi connectivity index (χ0n) is 11.8. The predicted octanol–water partition coefficient (Wildman–Crippen LogP) is 2.98. The molecule has 0 fully saturated rings. The van der Waals surface area contributed by atoms with Gasteiger partial charge in [-0.3, -0.25) is 0 Å². The molecule has 2 aromatic rings. The van der Waals surface area contributed by atoms with Crippen molar-refractivity contribution in [3.8, 4) is 0 Å². The van der Waals surface area contributed by atoms with E-state index in [0.29, 0.717) is 12.2 Å². The number of nitrogens with zero attached hydrogens (tertiary/aromatic N) is 1. The van der Waals surface area contributed by atoms with Crippen molar-refractivity contribution >= 4 is 5.97 Å². The standard InChI is InChI=1S/C17H20NO2/c1-2-3-13-20-17(19)16-9-11-18(12-10-16)14-15-7-5-4-6-8-15/h4-12H,2-3,13-14H2,1H3/q+1. The van der Waals surface area contributed by atoms with Crippen LogP contribution in [-0.4, -0.2) is 12.6 Å². The van der Waals surface area contributed by atoms with Crippen molar-refractivity contribution in [1.82, 2.24) is 0 Å². The maximum absolute atomic E-state index is 11.8. The number of aromatic nitrogens is 1. The van der Waals surface area contributed by atoms with E-state index in [9.17, 15) is 4.79 Å². The van der Waals surface area contributed by atoms with E-state index in [-0.39, 0.29) is 5.97 Å². The van der Waals surface area contributed by atoms with E-state index in [1.54, 1.807) is 12.1 Å². The lowest BCUT2D eigenvalue weighted by Crippen LogP contribution is -2.33. The molecule has 0 aliphatic rings. The summed E-state index contributed by atoms with van der Waals surface area (Å²) in [6, 6.07) is 13.8. The Bertz CT molecular complexity index is 535. The van der Waals surface area contributed by atoms with Crippen molar-refractivity contribution in [2.45, 2.75) is 26.3 Å². The number of pyridine rings is 1. The molecular formula is C17H20NO2+. The quantitative estimate of drug-likeness (QED) is 0.459. The molecule has 0 aliphatic heterocycles. The Morgan fingerprint density at radius 3 is 2.45 bits per heavy atom. The molecule has 0 unspecified atom stereocenters. The first kappa shape index (κ1) is 14.3. The van der Waals surface area contributed by atoms with E-state index in [1.165, 1.54) is 5.56 Å². The van der Waals surface area contributed by atoms with Gasteiger partial charge in [0.15, 0.2) is 18.9 Å². The molecule has 0 aliphatic carbocycles. The highest BCUT2D eigenvalue weighted by Crippen LogP contribution is 2.02. The lowest BCUT2D eigenvalue weighted by atomic mass is 10.2. The van der Waals surface area contributed by atoms with Crippen LogP contribution in [0.4, 0.5) is 0 Å². The van der Waals surface area contributed by atoms with Crippen LogP contribution in [0.5, 0.6) is 0 Å². The summed E-state index contributed by atoms with van der Waals surface area (Å²) in [6.45, 7) is 3.36. The number of carbonyl (C=O) groups excluding carboxylic acids is 1. The number of esters is 1. The minimum atomic E-state index is -0.245. The van der Waals surface area contributed by atoms with Crippen LogP contribution in [0.2, 0.25) is 0 Å². The van der Waals surface area contributed by atoms with Crippen molar-refractivity contribution in [2.75, 3.05) is 6.61 Å².